The molecule has 0 spiro atoms. The maximum atomic E-state index is 11.7. The quantitative estimate of drug-likeness (QED) is 0.618. The molecule has 2 atom stereocenters. The highest BCUT2D eigenvalue weighted by Gasteiger charge is 2.29. The van der Waals surface area contributed by atoms with E-state index in [4.69, 9.17) is 9.47 Å². The predicted molar refractivity (Wildman–Crippen MR) is 51.0 cm³/mol. The third-order valence-corrected chi connectivity index (χ3v) is 2.75. The fraction of sp³-hybridized carbons (Fsp3) is 0.900. The number of nitrogens with zero attached hydrogens (tertiary/aromatic N) is 1. The Labute approximate surface area is 84.2 Å². The molecule has 0 bridgehead atoms. The van der Waals surface area contributed by atoms with Gasteiger partial charge in [0.2, 0.25) is 0 Å². The highest BCUT2D eigenvalue weighted by Crippen LogP contribution is 2.16. The molecule has 0 radical (unpaired) electrons. The van der Waals surface area contributed by atoms with Crippen LogP contribution < -0.4 is 0 Å². The minimum atomic E-state index is -0.230. The Balaban J connectivity index is 1.83. The summed E-state index contributed by atoms with van der Waals surface area (Å²) in [6.45, 7) is 2.22. The summed E-state index contributed by atoms with van der Waals surface area (Å²) in [5, 5.41) is 0. The van der Waals surface area contributed by atoms with Crippen LogP contribution in [0.3, 0.4) is 0 Å². The fourth-order valence-electron chi connectivity index (χ4n) is 1.70. The van der Waals surface area contributed by atoms with Crippen LogP contribution in [-0.2, 0) is 14.3 Å². The van der Waals surface area contributed by atoms with Gasteiger partial charge in [0, 0.05) is 13.6 Å². The van der Waals surface area contributed by atoms with Crippen molar-refractivity contribution in [1.29, 1.82) is 0 Å². The zero-order valence-electron chi connectivity index (χ0n) is 8.57. The minimum Gasteiger partial charge on any atom is -0.371 e. The van der Waals surface area contributed by atoms with Gasteiger partial charge in [0.15, 0.2) is 0 Å². The van der Waals surface area contributed by atoms with Crippen LogP contribution in [0.2, 0.25) is 0 Å². The van der Waals surface area contributed by atoms with Gasteiger partial charge in [0.25, 0.3) is 5.91 Å². The SMILES string of the molecule is CN1CCCCC(OCC2CO2)C1=O. The molecule has 2 saturated heterocycles. The van der Waals surface area contributed by atoms with Crippen molar-refractivity contribution in [2.45, 2.75) is 31.5 Å². The zero-order chi connectivity index (χ0) is 9.97. The van der Waals surface area contributed by atoms with E-state index in [1.54, 1.807) is 4.90 Å². The number of carbonyl (C=O) groups is 1. The first-order valence-corrected chi connectivity index (χ1v) is 5.25. The highest BCUT2D eigenvalue weighted by molar-refractivity contribution is 5.80. The van der Waals surface area contributed by atoms with Gasteiger partial charge in [-0.1, -0.05) is 0 Å². The highest BCUT2D eigenvalue weighted by atomic mass is 16.6. The predicted octanol–water partition coefficient (Wildman–Crippen LogP) is 0.413. The molecule has 0 aromatic heterocycles. The van der Waals surface area contributed by atoms with Crippen molar-refractivity contribution in [3.63, 3.8) is 0 Å². The Kier molecular flexibility index (Phi) is 3.03. The molecule has 0 aromatic carbocycles. The molecule has 4 heteroatoms. The first-order valence-electron chi connectivity index (χ1n) is 5.25. The van der Waals surface area contributed by atoms with Gasteiger partial charge in [-0.3, -0.25) is 4.79 Å². The Morgan fingerprint density at radius 1 is 1.57 bits per heavy atom. The van der Waals surface area contributed by atoms with E-state index in [0.29, 0.717) is 6.61 Å². The van der Waals surface area contributed by atoms with Gasteiger partial charge in [-0.25, -0.2) is 0 Å². The van der Waals surface area contributed by atoms with Gasteiger partial charge in [-0.05, 0) is 19.3 Å². The van der Waals surface area contributed by atoms with Crippen molar-refractivity contribution in [2.24, 2.45) is 0 Å². The molecule has 0 saturated carbocycles. The lowest BCUT2D eigenvalue weighted by Crippen LogP contribution is -2.36. The molecular weight excluding hydrogens is 182 g/mol. The van der Waals surface area contributed by atoms with Crippen molar-refractivity contribution in [1.82, 2.24) is 4.90 Å². The number of amides is 1. The van der Waals surface area contributed by atoms with Crippen molar-refractivity contribution < 1.29 is 14.3 Å². The van der Waals surface area contributed by atoms with Crippen molar-refractivity contribution >= 4 is 5.91 Å². The number of hydrogen-bond donors (Lipinski definition) is 0. The van der Waals surface area contributed by atoms with Crippen molar-refractivity contribution in [3.8, 4) is 0 Å². The molecular formula is C10H17NO3. The van der Waals surface area contributed by atoms with Gasteiger partial charge in [-0.15, -0.1) is 0 Å². The third-order valence-electron chi connectivity index (χ3n) is 2.75. The molecule has 2 rings (SSSR count). The Bertz CT molecular complexity index is 215. The number of ether oxygens (including phenoxy) is 2. The lowest BCUT2D eigenvalue weighted by atomic mass is 10.2. The van der Waals surface area contributed by atoms with Crippen LogP contribution in [0.25, 0.3) is 0 Å². The average Bonchev–Trinajstić information content (AvgIpc) is 2.98. The molecule has 0 aromatic rings. The van der Waals surface area contributed by atoms with Gasteiger partial charge in [-0.2, -0.15) is 0 Å². The third kappa shape index (κ3) is 2.45. The molecule has 80 valence electrons. The lowest BCUT2D eigenvalue weighted by Gasteiger charge is -2.19. The van der Waals surface area contributed by atoms with Crippen LogP contribution in [0.15, 0.2) is 0 Å². The largest absolute Gasteiger partial charge is 0.371 e. The summed E-state index contributed by atoms with van der Waals surface area (Å²) in [6.07, 6.45) is 3.03. The minimum absolute atomic E-state index is 0.128. The second-order valence-corrected chi connectivity index (χ2v) is 4.03. The van der Waals surface area contributed by atoms with Crippen molar-refractivity contribution in [3.05, 3.63) is 0 Å². The molecule has 4 nitrogen and oxygen atoms in total. The van der Waals surface area contributed by atoms with Crippen LogP contribution in [0.5, 0.6) is 0 Å². The summed E-state index contributed by atoms with van der Waals surface area (Å²) < 4.78 is 10.6. The van der Waals surface area contributed by atoms with Crippen LogP contribution in [-0.4, -0.2) is 49.8 Å². The van der Waals surface area contributed by atoms with E-state index in [0.717, 1.165) is 32.4 Å². The van der Waals surface area contributed by atoms with E-state index in [-0.39, 0.29) is 18.1 Å². The van der Waals surface area contributed by atoms with Crippen LogP contribution in [0.4, 0.5) is 0 Å². The average molecular weight is 199 g/mol. The van der Waals surface area contributed by atoms with Gasteiger partial charge < -0.3 is 14.4 Å². The molecule has 2 aliphatic rings. The zero-order valence-corrected chi connectivity index (χ0v) is 8.57. The standard InChI is InChI=1S/C10H17NO3/c1-11-5-3-2-4-9(10(11)12)14-7-8-6-13-8/h8-9H,2-7H2,1H3. The number of likely N-dealkylation sites (N-methyl/N-ethyl adjacent to an activating group) is 1. The van der Waals surface area contributed by atoms with Crippen LogP contribution in [0, 0.1) is 0 Å². The van der Waals surface area contributed by atoms with Gasteiger partial charge >= 0.3 is 0 Å². The summed E-state index contributed by atoms with van der Waals surface area (Å²) in [4.78, 5) is 13.5. The Morgan fingerprint density at radius 3 is 3.07 bits per heavy atom. The van der Waals surface area contributed by atoms with E-state index in [1.165, 1.54) is 0 Å². The number of rotatable bonds is 3. The Hall–Kier alpha value is -0.610. The number of hydrogen-bond acceptors (Lipinski definition) is 3. The molecule has 14 heavy (non-hydrogen) atoms. The normalized spacial score (nSPS) is 32.9. The monoisotopic (exact) mass is 199 g/mol. The molecule has 2 unspecified atom stereocenters. The molecule has 2 heterocycles. The summed E-state index contributed by atoms with van der Waals surface area (Å²) in [5.41, 5.74) is 0. The first kappa shape index (κ1) is 9.93. The van der Waals surface area contributed by atoms with E-state index < -0.39 is 0 Å². The molecule has 0 N–H and O–H groups in total. The maximum Gasteiger partial charge on any atom is 0.251 e. The van der Waals surface area contributed by atoms with Crippen LogP contribution in [0.1, 0.15) is 19.3 Å². The maximum absolute atomic E-state index is 11.7. The Morgan fingerprint density at radius 2 is 2.36 bits per heavy atom. The topological polar surface area (TPSA) is 42.1 Å². The summed E-state index contributed by atoms with van der Waals surface area (Å²) in [6, 6.07) is 0. The number of epoxide rings is 1. The second kappa shape index (κ2) is 4.28. The molecule has 1 amide bonds. The van der Waals surface area contributed by atoms with E-state index in [9.17, 15) is 4.79 Å². The lowest BCUT2D eigenvalue weighted by molar-refractivity contribution is -0.141. The molecule has 2 aliphatic heterocycles. The molecule has 0 aliphatic carbocycles. The van der Waals surface area contributed by atoms with Crippen LogP contribution >= 0.6 is 0 Å². The van der Waals surface area contributed by atoms with E-state index >= 15 is 0 Å². The number of likely N-dealkylation sites (tertiary alicyclic amines) is 1. The summed E-state index contributed by atoms with van der Waals surface area (Å²) in [5.74, 6) is 0.128. The first-order chi connectivity index (χ1) is 6.77. The summed E-state index contributed by atoms with van der Waals surface area (Å²) in [7, 11) is 1.84. The van der Waals surface area contributed by atoms with Gasteiger partial charge in [0.1, 0.15) is 12.2 Å². The smallest absolute Gasteiger partial charge is 0.251 e. The van der Waals surface area contributed by atoms with Crippen molar-refractivity contribution in [2.75, 3.05) is 26.8 Å². The number of carbonyl (C=O) groups excluding carboxylic acids is 1. The van der Waals surface area contributed by atoms with E-state index in [1.807, 2.05) is 7.05 Å². The fourth-order valence-corrected chi connectivity index (χ4v) is 1.70. The molecule has 2 fully saturated rings. The second-order valence-electron chi connectivity index (χ2n) is 4.03. The summed E-state index contributed by atoms with van der Waals surface area (Å²) >= 11 is 0. The van der Waals surface area contributed by atoms with Gasteiger partial charge in [0.05, 0.1) is 13.2 Å². The van der Waals surface area contributed by atoms with E-state index in [2.05, 4.69) is 0 Å².